The number of carboxylic acids is 1. The van der Waals surface area contributed by atoms with Crippen molar-refractivity contribution < 1.29 is 9.90 Å². The lowest BCUT2D eigenvalue weighted by Gasteiger charge is -1.97. The van der Waals surface area contributed by atoms with Crippen LogP contribution in [-0.2, 0) is 17.6 Å². The molecule has 6 heteroatoms. The quantitative estimate of drug-likeness (QED) is 0.740. The van der Waals surface area contributed by atoms with E-state index in [1.54, 1.807) is 0 Å². The van der Waals surface area contributed by atoms with Crippen molar-refractivity contribution in [3.8, 4) is 0 Å². The first kappa shape index (κ1) is 11.5. The number of nitrogens with zero attached hydrogens (tertiary/aromatic N) is 4. The van der Waals surface area contributed by atoms with Crippen LogP contribution in [0.15, 0.2) is 0 Å². The zero-order valence-electron chi connectivity index (χ0n) is 8.68. The summed E-state index contributed by atoms with van der Waals surface area (Å²) >= 11 is 0. The van der Waals surface area contributed by atoms with E-state index >= 15 is 0 Å². The summed E-state index contributed by atoms with van der Waals surface area (Å²) in [5.74, 6) is 0.342. The van der Waals surface area contributed by atoms with Gasteiger partial charge >= 0.3 is 5.97 Å². The maximum absolute atomic E-state index is 10.3. The first-order chi connectivity index (χ1) is 7.22. The van der Waals surface area contributed by atoms with Gasteiger partial charge in [-0.05, 0) is 12.8 Å². The number of carbonyl (C=O) groups is 1. The summed E-state index contributed by atoms with van der Waals surface area (Å²) < 4.78 is 0. The summed E-state index contributed by atoms with van der Waals surface area (Å²) in [4.78, 5) is 10.3. The van der Waals surface area contributed by atoms with Crippen molar-refractivity contribution in [1.82, 2.24) is 20.4 Å². The minimum absolute atomic E-state index is 0.125. The lowest BCUT2D eigenvalue weighted by atomic mass is 10.2. The van der Waals surface area contributed by atoms with Crippen LogP contribution in [-0.4, -0.2) is 31.5 Å². The van der Waals surface area contributed by atoms with Gasteiger partial charge in [0, 0.05) is 19.3 Å². The molecule has 15 heavy (non-hydrogen) atoms. The molecule has 82 valence electrons. The van der Waals surface area contributed by atoms with Gasteiger partial charge in [-0.2, -0.15) is 0 Å². The van der Waals surface area contributed by atoms with Crippen LogP contribution in [0.4, 0.5) is 0 Å². The standard InChI is InChI=1S/C9H14N4O2/c1-2-4-7-10-12-8(13-11-7)5-3-6-9(14)15/h2-6H2,1H3,(H,14,15). The van der Waals surface area contributed by atoms with Crippen molar-refractivity contribution in [2.75, 3.05) is 0 Å². The third kappa shape index (κ3) is 4.44. The second-order valence-electron chi connectivity index (χ2n) is 3.23. The zero-order valence-corrected chi connectivity index (χ0v) is 8.68. The van der Waals surface area contributed by atoms with Crippen LogP contribution in [0.3, 0.4) is 0 Å². The highest BCUT2D eigenvalue weighted by Crippen LogP contribution is 1.98. The molecule has 0 radical (unpaired) electrons. The van der Waals surface area contributed by atoms with E-state index in [9.17, 15) is 4.79 Å². The van der Waals surface area contributed by atoms with Gasteiger partial charge in [-0.3, -0.25) is 4.79 Å². The van der Waals surface area contributed by atoms with Crippen LogP contribution in [0, 0.1) is 0 Å². The highest BCUT2D eigenvalue weighted by atomic mass is 16.4. The van der Waals surface area contributed by atoms with E-state index in [0.29, 0.717) is 24.5 Å². The molecule has 0 saturated carbocycles. The SMILES string of the molecule is CCCc1nnc(CCCC(=O)O)nn1. The Labute approximate surface area is 87.8 Å². The fourth-order valence-electron chi connectivity index (χ4n) is 1.09. The lowest BCUT2D eigenvalue weighted by Crippen LogP contribution is -2.06. The Bertz CT molecular complexity index is 312. The normalized spacial score (nSPS) is 10.2. The van der Waals surface area contributed by atoms with Crippen molar-refractivity contribution in [3.05, 3.63) is 11.6 Å². The minimum Gasteiger partial charge on any atom is -0.481 e. The molecule has 0 aliphatic heterocycles. The van der Waals surface area contributed by atoms with Gasteiger partial charge in [0.25, 0.3) is 0 Å². The largest absolute Gasteiger partial charge is 0.481 e. The molecule has 0 aliphatic rings. The summed E-state index contributed by atoms with van der Waals surface area (Å²) in [6.45, 7) is 2.03. The first-order valence-electron chi connectivity index (χ1n) is 4.99. The maximum atomic E-state index is 10.3. The molecule has 1 heterocycles. The molecule has 0 amide bonds. The average molecular weight is 210 g/mol. The van der Waals surface area contributed by atoms with Crippen molar-refractivity contribution in [2.24, 2.45) is 0 Å². The van der Waals surface area contributed by atoms with E-state index in [4.69, 9.17) is 5.11 Å². The molecule has 0 spiro atoms. The molecule has 0 aliphatic carbocycles. The molecule has 0 fully saturated rings. The maximum Gasteiger partial charge on any atom is 0.303 e. The second-order valence-corrected chi connectivity index (χ2v) is 3.23. The van der Waals surface area contributed by atoms with Crippen LogP contribution in [0.25, 0.3) is 0 Å². The number of carboxylic acid groups (broad SMARTS) is 1. The monoisotopic (exact) mass is 210 g/mol. The van der Waals surface area contributed by atoms with Gasteiger partial charge in [-0.1, -0.05) is 6.92 Å². The first-order valence-corrected chi connectivity index (χ1v) is 4.99. The smallest absolute Gasteiger partial charge is 0.303 e. The van der Waals surface area contributed by atoms with Gasteiger partial charge in [0.15, 0.2) is 11.6 Å². The minimum atomic E-state index is -0.807. The van der Waals surface area contributed by atoms with Crippen molar-refractivity contribution in [3.63, 3.8) is 0 Å². The lowest BCUT2D eigenvalue weighted by molar-refractivity contribution is -0.137. The Morgan fingerprint density at radius 1 is 1.13 bits per heavy atom. The number of aliphatic carboxylic acids is 1. The highest BCUT2D eigenvalue weighted by molar-refractivity contribution is 5.66. The van der Waals surface area contributed by atoms with Gasteiger partial charge in [0.2, 0.25) is 0 Å². The molecule has 0 bridgehead atoms. The average Bonchev–Trinajstić information content (AvgIpc) is 2.20. The van der Waals surface area contributed by atoms with Crippen LogP contribution in [0.2, 0.25) is 0 Å². The Kier molecular flexibility index (Phi) is 4.59. The molecule has 0 saturated heterocycles. The van der Waals surface area contributed by atoms with Gasteiger partial charge in [0.1, 0.15) is 0 Å². The second kappa shape index (κ2) is 6.00. The zero-order chi connectivity index (χ0) is 11.1. The Morgan fingerprint density at radius 3 is 2.13 bits per heavy atom. The van der Waals surface area contributed by atoms with Gasteiger partial charge in [-0.15, -0.1) is 20.4 Å². The third-order valence-corrected chi connectivity index (χ3v) is 1.83. The molecular formula is C9H14N4O2. The number of aromatic nitrogens is 4. The Balaban J connectivity index is 2.39. The van der Waals surface area contributed by atoms with E-state index in [0.717, 1.165) is 12.8 Å². The molecule has 0 atom stereocenters. The number of hydrogen-bond donors (Lipinski definition) is 1. The van der Waals surface area contributed by atoms with Gasteiger partial charge in [-0.25, -0.2) is 0 Å². The number of rotatable bonds is 6. The summed E-state index contributed by atoms with van der Waals surface area (Å²) in [6.07, 6.45) is 2.89. The van der Waals surface area contributed by atoms with Gasteiger partial charge in [0.05, 0.1) is 0 Å². The van der Waals surface area contributed by atoms with Gasteiger partial charge < -0.3 is 5.11 Å². The predicted octanol–water partition coefficient (Wildman–Crippen LogP) is 0.626. The summed E-state index contributed by atoms with van der Waals surface area (Å²) in [7, 11) is 0. The van der Waals surface area contributed by atoms with Crippen LogP contribution >= 0.6 is 0 Å². The fourth-order valence-corrected chi connectivity index (χ4v) is 1.09. The van der Waals surface area contributed by atoms with E-state index in [1.165, 1.54) is 0 Å². The Morgan fingerprint density at radius 2 is 1.67 bits per heavy atom. The van der Waals surface area contributed by atoms with E-state index in [-0.39, 0.29) is 6.42 Å². The van der Waals surface area contributed by atoms with Crippen molar-refractivity contribution >= 4 is 5.97 Å². The third-order valence-electron chi connectivity index (χ3n) is 1.83. The fraction of sp³-hybridized carbons (Fsp3) is 0.667. The molecule has 1 rings (SSSR count). The van der Waals surface area contributed by atoms with Crippen molar-refractivity contribution in [1.29, 1.82) is 0 Å². The molecule has 1 aromatic rings. The number of hydrogen-bond acceptors (Lipinski definition) is 5. The van der Waals surface area contributed by atoms with E-state index < -0.39 is 5.97 Å². The molecule has 6 nitrogen and oxygen atoms in total. The van der Waals surface area contributed by atoms with Crippen LogP contribution < -0.4 is 0 Å². The molecule has 0 unspecified atom stereocenters. The summed E-state index contributed by atoms with van der Waals surface area (Å²) in [5.41, 5.74) is 0. The molecule has 1 N–H and O–H groups in total. The topological polar surface area (TPSA) is 88.9 Å². The summed E-state index contributed by atoms with van der Waals surface area (Å²) in [5, 5.41) is 24.0. The van der Waals surface area contributed by atoms with E-state index in [2.05, 4.69) is 20.4 Å². The summed E-state index contributed by atoms with van der Waals surface area (Å²) in [6, 6.07) is 0. The molecular weight excluding hydrogens is 196 g/mol. The van der Waals surface area contributed by atoms with Crippen LogP contribution in [0.5, 0.6) is 0 Å². The van der Waals surface area contributed by atoms with Crippen molar-refractivity contribution in [2.45, 2.75) is 39.0 Å². The predicted molar refractivity (Wildman–Crippen MR) is 52.2 cm³/mol. The molecule has 1 aromatic heterocycles. The highest BCUT2D eigenvalue weighted by Gasteiger charge is 2.02. The Hall–Kier alpha value is -1.59. The number of aryl methyl sites for hydroxylation is 2. The molecule has 0 aromatic carbocycles. The van der Waals surface area contributed by atoms with E-state index in [1.807, 2.05) is 6.92 Å². The van der Waals surface area contributed by atoms with Crippen LogP contribution in [0.1, 0.15) is 37.8 Å².